The Kier molecular flexibility index (Phi) is 4.89. The van der Waals surface area contributed by atoms with Crippen molar-refractivity contribution in [2.24, 2.45) is 0 Å². The molecule has 0 bridgehead atoms. The Morgan fingerprint density at radius 3 is 2.56 bits per heavy atom. The second kappa shape index (κ2) is 7.44. The van der Waals surface area contributed by atoms with Gasteiger partial charge in [-0.15, -0.1) is 0 Å². The number of nitrogen functional groups attached to an aromatic ring is 1. The van der Waals surface area contributed by atoms with E-state index in [1.165, 1.54) is 13.3 Å². The number of hydrogen-bond donors (Lipinski definition) is 3. The fraction of sp³-hybridized carbons (Fsp3) is 0.105. The van der Waals surface area contributed by atoms with Crippen molar-refractivity contribution in [1.29, 1.82) is 0 Å². The molecule has 0 atom stereocenters. The van der Waals surface area contributed by atoms with E-state index in [1.807, 2.05) is 42.5 Å². The molecule has 25 heavy (non-hydrogen) atoms. The highest BCUT2D eigenvalue weighted by molar-refractivity contribution is 5.95. The molecule has 1 aromatic heterocycles. The summed E-state index contributed by atoms with van der Waals surface area (Å²) >= 11 is 0. The summed E-state index contributed by atoms with van der Waals surface area (Å²) in [5.74, 6) is 1.06. The zero-order valence-corrected chi connectivity index (χ0v) is 13.9. The van der Waals surface area contributed by atoms with Gasteiger partial charge in [0.15, 0.2) is 17.4 Å². The summed E-state index contributed by atoms with van der Waals surface area (Å²) in [6, 6.07) is 17.2. The third-order valence-corrected chi connectivity index (χ3v) is 3.72. The van der Waals surface area contributed by atoms with Crippen molar-refractivity contribution in [2.45, 2.75) is 13.5 Å². The van der Waals surface area contributed by atoms with Gasteiger partial charge in [0.1, 0.15) is 12.0 Å². The molecule has 0 saturated heterocycles. The molecule has 2 aromatic carbocycles. The summed E-state index contributed by atoms with van der Waals surface area (Å²) in [4.78, 5) is 19.9. The Hall–Kier alpha value is -3.41. The van der Waals surface area contributed by atoms with E-state index in [4.69, 9.17) is 5.73 Å². The maximum absolute atomic E-state index is 11.5. The highest BCUT2D eigenvalue weighted by Gasteiger charge is 2.09. The summed E-state index contributed by atoms with van der Waals surface area (Å²) in [6.07, 6.45) is 1.45. The number of ketones is 1. The van der Waals surface area contributed by atoms with Crippen molar-refractivity contribution in [3.63, 3.8) is 0 Å². The van der Waals surface area contributed by atoms with E-state index in [-0.39, 0.29) is 5.78 Å². The van der Waals surface area contributed by atoms with Crippen LogP contribution in [0.15, 0.2) is 60.9 Å². The molecule has 0 unspecified atom stereocenters. The molecule has 0 radical (unpaired) electrons. The van der Waals surface area contributed by atoms with Gasteiger partial charge in [-0.2, -0.15) is 0 Å². The Balaban J connectivity index is 1.77. The van der Waals surface area contributed by atoms with E-state index in [2.05, 4.69) is 20.6 Å². The second-order valence-electron chi connectivity index (χ2n) is 5.59. The van der Waals surface area contributed by atoms with E-state index in [0.29, 0.717) is 29.4 Å². The molecule has 0 spiro atoms. The molecule has 1 heterocycles. The fourth-order valence-electron chi connectivity index (χ4n) is 2.37. The van der Waals surface area contributed by atoms with Gasteiger partial charge in [-0.1, -0.05) is 42.5 Å². The molecule has 6 heteroatoms. The molecule has 4 N–H and O–H groups in total. The molecule has 0 aliphatic carbocycles. The van der Waals surface area contributed by atoms with Crippen LogP contribution in [0.2, 0.25) is 0 Å². The Labute approximate surface area is 146 Å². The SMILES string of the molecule is CC(=O)c1cccc(Nc2ncnc(NCc3ccccc3)c2N)c1. The van der Waals surface area contributed by atoms with Crippen molar-refractivity contribution in [2.75, 3.05) is 16.4 Å². The maximum Gasteiger partial charge on any atom is 0.159 e. The monoisotopic (exact) mass is 333 g/mol. The quantitative estimate of drug-likeness (QED) is 0.597. The number of hydrogen-bond acceptors (Lipinski definition) is 6. The van der Waals surface area contributed by atoms with Crippen LogP contribution in [0.25, 0.3) is 0 Å². The minimum absolute atomic E-state index is 0.00419. The van der Waals surface area contributed by atoms with E-state index in [1.54, 1.807) is 12.1 Å². The summed E-state index contributed by atoms with van der Waals surface area (Å²) in [7, 11) is 0. The third-order valence-electron chi connectivity index (χ3n) is 3.72. The zero-order chi connectivity index (χ0) is 17.6. The van der Waals surface area contributed by atoms with Gasteiger partial charge in [0.25, 0.3) is 0 Å². The van der Waals surface area contributed by atoms with Crippen molar-refractivity contribution in [1.82, 2.24) is 9.97 Å². The van der Waals surface area contributed by atoms with Crippen LogP contribution < -0.4 is 16.4 Å². The molecule has 126 valence electrons. The van der Waals surface area contributed by atoms with Gasteiger partial charge in [-0.25, -0.2) is 9.97 Å². The predicted molar refractivity (Wildman–Crippen MR) is 99.9 cm³/mol. The molecule has 6 nitrogen and oxygen atoms in total. The van der Waals surface area contributed by atoms with Crippen LogP contribution in [0.3, 0.4) is 0 Å². The van der Waals surface area contributed by atoms with Crippen molar-refractivity contribution >= 4 is 28.8 Å². The number of rotatable bonds is 6. The predicted octanol–water partition coefficient (Wildman–Crippen LogP) is 3.62. The van der Waals surface area contributed by atoms with Gasteiger partial charge in [0, 0.05) is 17.8 Å². The minimum atomic E-state index is 0.00419. The molecule has 0 fully saturated rings. The van der Waals surface area contributed by atoms with Gasteiger partial charge in [-0.05, 0) is 24.6 Å². The number of Topliss-reactive ketones (excluding diaryl/α,β-unsaturated/α-hetero) is 1. The van der Waals surface area contributed by atoms with Gasteiger partial charge >= 0.3 is 0 Å². The van der Waals surface area contributed by atoms with Gasteiger partial charge in [-0.3, -0.25) is 4.79 Å². The topological polar surface area (TPSA) is 92.9 Å². The molecule has 0 aliphatic heterocycles. The van der Waals surface area contributed by atoms with Crippen LogP contribution in [0.4, 0.5) is 23.0 Å². The van der Waals surface area contributed by atoms with Crippen LogP contribution in [-0.2, 0) is 6.54 Å². The first kappa shape index (κ1) is 16.4. The van der Waals surface area contributed by atoms with Crippen molar-refractivity contribution in [3.05, 3.63) is 72.1 Å². The summed E-state index contributed by atoms with van der Waals surface area (Å²) in [6.45, 7) is 2.14. The number of benzene rings is 2. The largest absolute Gasteiger partial charge is 0.393 e. The lowest BCUT2D eigenvalue weighted by Gasteiger charge is -2.13. The Morgan fingerprint density at radius 2 is 1.80 bits per heavy atom. The highest BCUT2D eigenvalue weighted by atomic mass is 16.1. The van der Waals surface area contributed by atoms with E-state index in [0.717, 1.165) is 11.3 Å². The second-order valence-corrected chi connectivity index (χ2v) is 5.59. The van der Waals surface area contributed by atoms with Crippen molar-refractivity contribution < 1.29 is 4.79 Å². The third kappa shape index (κ3) is 4.11. The lowest BCUT2D eigenvalue weighted by atomic mass is 10.1. The standard InChI is InChI=1S/C19H19N5O/c1-13(25)15-8-5-9-16(10-15)24-19-17(20)18(22-12-23-19)21-11-14-6-3-2-4-7-14/h2-10,12H,11,20H2,1H3,(H2,21,22,23,24). The summed E-state index contributed by atoms with van der Waals surface area (Å²) < 4.78 is 0. The number of carbonyl (C=O) groups excluding carboxylic acids is 1. The Morgan fingerprint density at radius 1 is 1.04 bits per heavy atom. The highest BCUT2D eigenvalue weighted by Crippen LogP contribution is 2.26. The van der Waals surface area contributed by atoms with Gasteiger partial charge < -0.3 is 16.4 Å². The molecular formula is C19H19N5O. The van der Waals surface area contributed by atoms with Crippen LogP contribution in [0.1, 0.15) is 22.8 Å². The molecular weight excluding hydrogens is 314 g/mol. The summed E-state index contributed by atoms with van der Waals surface area (Å²) in [5.41, 5.74) is 9.10. The van der Waals surface area contributed by atoms with Crippen LogP contribution in [0.5, 0.6) is 0 Å². The number of nitrogens with one attached hydrogen (secondary N) is 2. The molecule has 3 aromatic rings. The van der Waals surface area contributed by atoms with Crippen LogP contribution in [-0.4, -0.2) is 15.8 Å². The molecule has 0 aliphatic rings. The van der Waals surface area contributed by atoms with Gasteiger partial charge in [0.2, 0.25) is 0 Å². The average molecular weight is 333 g/mol. The Bertz CT molecular complexity index is 880. The first-order valence-electron chi connectivity index (χ1n) is 7.90. The number of aromatic nitrogens is 2. The molecule has 0 saturated carbocycles. The normalized spacial score (nSPS) is 10.3. The molecule has 0 amide bonds. The van der Waals surface area contributed by atoms with E-state index in [9.17, 15) is 4.79 Å². The average Bonchev–Trinajstić information content (AvgIpc) is 2.63. The lowest BCUT2D eigenvalue weighted by Crippen LogP contribution is -2.08. The number of nitrogens with two attached hydrogens (primary N) is 1. The fourth-order valence-corrected chi connectivity index (χ4v) is 2.37. The van der Waals surface area contributed by atoms with Gasteiger partial charge in [0.05, 0.1) is 0 Å². The number of anilines is 4. The first-order chi connectivity index (χ1) is 12.1. The number of carbonyl (C=O) groups is 1. The smallest absolute Gasteiger partial charge is 0.159 e. The number of nitrogens with zero attached hydrogens (tertiary/aromatic N) is 2. The van der Waals surface area contributed by atoms with Crippen molar-refractivity contribution in [3.8, 4) is 0 Å². The zero-order valence-electron chi connectivity index (χ0n) is 13.9. The molecule has 3 rings (SSSR count). The first-order valence-corrected chi connectivity index (χ1v) is 7.90. The summed E-state index contributed by atoms with van der Waals surface area (Å²) in [5, 5.41) is 6.35. The van der Waals surface area contributed by atoms with E-state index < -0.39 is 0 Å². The lowest BCUT2D eigenvalue weighted by molar-refractivity contribution is 0.101. The van der Waals surface area contributed by atoms with Crippen LogP contribution >= 0.6 is 0 Å². The van der Waals surface area contributed by atoms with E-state index >= 15 is 0 Å². The minimum Gasteiger partial charge on any atom is -0.393 e. The van der Waals surface area contributed by atoms with Crippen LogP contribution in [0, 0.1) is 0 Å². The maximum atomic E-state index is 11.5.